The van der Waals surface area contributed by atoms with Gasteiger partial charge in [0, 0.05) is 18.7 Å². The van der Waals surface area contributed by atoms with Crippen LogP contribution in [0.1, 0.15) is 32.3 Å². The topological polar surface area (TPSA) is 81.5 Å². The van der Waals surface area contributed by atoms with Gasteiger partial charge in [-0.05, 0) is 30.4 Å². The highest BCUT2D eigenvalue weighted by molar-refractivity contribution is 5.87. The quantitative estimate of drug-likeness (QED) is 0.776. The molecule has 6 nitrogen and oxygen atoms in total. The Balaban J connectivity index is 1.64. The third kappa shape index (κ3) is 2.93. The van der Waals surface area contributed by atoms with Gasteiger partial charge in [0.1, 0.15) is 11.3 Å². The van der Waals surface area contributed by atoms with Crippen LogP contribution in [0.4, 0.5) is 5.82 Å². The molecule has 1 N–H and O–H groups in total. The fourth-order valence-corrected chi connectivity index (χ4v) is 3.19. The van der Waals surface area contributed by atoms with E-state index in [-0.39, 0.29) is 0 Å². The van der Waals surface area contributed by atoms with Crippen molar-refractivity contribution in [1.82, 2.24) is 20.2 Å². The highest BCUT2D eigenvalue weighted by atomic mass is 15.2. The average Bonchev–Trinajstić information content (AvgIpc) is 3.05. The third-order valence-corrected chi connectivity index (χ3v) is 5.00. The Kier molecular flexibility index (Phi) is 3.65. The highest BCUT2D eigenvalue weighted by Crippen LogP contribution is 2.32. The van der Waals surface area contributed by atoms with E-state index in [0.717, 1.165) is 48.5 Å². The maximum absolute atomic E-state index is 8.92. The molecule has 0 bridgehead atoms. The lowest BCUT2D eigenvalue weighted by molar-refractivity contribution is 0.279. The minimum absolute atomic E-state index is 0.406. The summed E-state index contributed by atoms with van der Waals surface area (Å²) in [5.41, 5.74) is 4.20. The summed E-state index contributed by atoms with van der Waals surface area (Å²) in [5.74, 6) is 0.890. The van der Waals surface area contributed by atoms with E-state index in [0.29, 0.717) is 16.6 Å². The second-order valence-corrected chi connectivity index (χ2v) is 7.34. The Bertz CT molecular complexity index is 938. The highest BCUT2D eigenvalue weighted by Gasteiger charge is 2.26. The number of rotatable bonds is 2. The number of hydrogen-bond donors (Lipinski definition) is 1. The molecule has 126 valence electrons. The molecule has 0 aliphatic carbocycles. The number of nitrogens with zero attached hydrogens (tertiary/aromatic N) is 5. The molecule has 1 aromatic carbocycles. The van der Waals surface area contributed by atoms with Crippen LogP contribution >= 0.6 is 0 Å². The first-order chi connectivity index (χ1) is 12.1. The standard InChI is InChI=1S/C19H20N6/c1-19(2)7-9-25(10-8-19)15-12-21-17-16(23-24-18(17)22-15)14-5-3-13(11-20)4-6-14/h3-6,12H,7-10H2,1-2H3,(H,22,23,24). The van der Waals surface area contributed by atoms with Gasteiger partial charge in [-0.1, -0.05) is 26.0 Å². The fourth-order valence-electron chi connectivity index (χ4n) is 3.19. The van der Waals surface area contributed by atoms with Crippen molar-refractivity contribution in [3.8, 4) is 17.3 Å². The zero-order chi connectivity index (χ0) is 17.4. The van der Waals surface area contributed by atoms with Crippen LogP contribution in [0.2, 0.25) is 0 Å². The van der Waals surface area contributed by atoms with Crippen LogP contribution < -0.4 is 4.90 Å². The summed E-state index contributed by atoms with van der Waals surface area (Å²) in [4.78, 5) is 11.6. The smallest absolute Gasteiger partial charge is 0.202 e. The lowest BCUT2D eigenvalue weighted by atomic mass is 9.83. The van der Waals surface area contributed by atoms with Crippen LogP contribution in [-0.2, 0) is 0 Å². The van der Waals surface area contributed by atoms with Gasteiger partial charge in [-0.15, -0.1) is 0 Å². The minimum atomic E-state index is 0.406. The zero-order valence-electron chi connectivity index (χ0n) is 14.5. The Morgan fingerprint density at radius 1 is 1.16 bits per heavy atom. The lowest BCUT2D eigenvalue weighted by Gasteiger charge is -2.37. The number of H-pyrrole nitrogens is 1. The molecular formula is C19H20N6. The molecule has 0 unspecified atom stereocenters. The summed E-state index contributed by atoms with van der Waals surface area (Å²) in [5, 5.41) is 16.3. The largest absolute Gasteiger partial charge is 0.355 e. The van der Waals surface area contributed by atoms with E-state index < -0.39 is 0 Å². The number of aromatic amines is 1. The fraction of sp³-hybridized carbons (Fsp3) is 0.368. The maximum atomic E-state index is 8.92. The monoisotopic (exact) mass is 332 g/mol. The molecule has 0 saturated carbocycles. The van der Waals surface area contributed by atoms with E-state index >= 15 is 0 Å². The first kappa shape index (κ1) is 15.6. The summed E-state index contributed by atoms with van der Waals surface area (Å²) >= 11 is 0. The number of nitriles is 1. The van der Waals surface area contributed by atoms with Gasteiger partial charge in [0.2, 0.25) is 5.65 Å². The van der Waals surface area contributed by atoms with Crippen molar-refractivity contribution < 1.29 is 0 Å². The molecule has 0 radical (unpaired) electrons. The molecule has 1 aliphatic rings. The Morgan fingerprint density at radius 3 is 2.56 bits per heavy atom. The van der Waals surface area contributed by atoms with Gasteiger partial charge in [-0.25, -0.2) is 9.97 Å². The van der Waals surface area contributed by atoms with Crippen LogP contribution in [0.3, 0.4) is 0 Å². The molecule has 0 spiro atoms. The van der Waals surface area contributed by atoms with Gasteiger partial charge in [0.15, 0.2) is 0 Å². The van der Waals surface area contributed by atoms with Gasteiger partial charge in [0.05, 0.1) is 23.5 Å². The first-order valence-corrected chi connectivity index (χ1v) is 8.52. The molecule has 6 heteroatoms. The second-order valence-electron chi connectivity index (χ2n) is 7.34. The number of benzene rings is 1. The molecule has 3 heterocycles. The molecule has 1 fully saturated rings. The number of fused-ring (bicyclic) bond motifs is 1. The van der Waals surface area contributed by atoms with E-state index in [1.807, 2.05) is 18.3 Å². The zero-order valence-corrected chi connectivity index (χ0v) is 14.5. The van der Waals surface area contributed by atoms with E-state index in [2.05, 4.69) is 40.0 Å². The normalized spacial score (nSPS) is 16.8. The van der Waals surface area contributed by atoms with Gasteiger partial charge in [-0.3, -0.25) is 5.10 Å². The summed E-state index contributed by atoms with van der Waals surface area (Å²) in [6.45, 7) is 6.63. The van der Waals surface area contributed by atoms with E-state index in [1.165, 1.54) is 0 Å². The lowest BCUT2D eigenvalue weighted by Crippen LogP contribution is -2.37. The molecule has 0 atom stereocenters. The van der Waals surface area contributed by atoms with E-state index in [4.69, 9.17) is 10.2 Å². The van der Waals surface area contributed by atoms with Gasteiger partial charge < -0.3 is 4.90 Å². The summed E-state index contributed by atoms with van der Waals surface area (Å²) in [7, 11) is 0. The summed E-state index contributed by atoms with van der Waals surface area (Å²) < 4.78 is 0. The van der Waals surface area contributed by atoms with Gasteiger partial charge in [0.25, 0.3) is 0 Å². The van der Waals surface area contributed by atoms with Gasteiger partial charge >= 0.3 is 0 Å². The molecule has 1 saturated heterocycles. The molecule has 1 aliphatic heterocycles. The summed E-state index contributed by atoms with van der Waals surface area (Å²) in [6, 6.07) is 9.50. The van der Waals surface area contributed by atoms with Crippen molar-refractivity contribution in [2.45, 2.75) is 26.7 Å². The summed E-state index contributed by atoms with van der Waals surface area (Å²) in [6.07, 6.45) is 4.15. The predicted molar refractivity (Wildman–Crippen MR) is 97.1 cm³/mol. The predicted octanol–water partition coefficient (Wildman–Crippen LogP) is 3.52. The maximum Gasteiger partial charge on any atom is 0.202 e. The number of anilines is 1. The molecule has 3 aromatic rings. The third-order valence-electron chi connectivity index (χ3n) is 5.00. The van der Waals surface area contributed by atoms with Crippen molar-refractivity contribution in [3.63, 3.8) is 0 Å². The van der Waals surface area contributed by atoms with Crippen molar-refractivity contribution in [3.05, 3.63) is 36.0 Å². The number of hydrogen-bond acceptors (Lipinski definition) is 5. The molecule has 25 heavy (non-hydrogen) atoms. The Morgan fingerprint density at radius 2 is 1.88 bits per heavy atom. The number of piperidine rings is 1. The molecule has 2 aromatic heterocycles. The van der Waals surface area contributed by atoms with Crippen LogP contribution in [0.15, 0.2) is 30.5 Å². The first-order valence-electron chi connectivity index (χ1n) is 8.52. The van der Waals surface area contributed by atoms with Crippen LogP contribution in [-0.4, -0.2) is 33.3 Å². The molecular weight excluding hydrogens is 312 g/mol. The van der Waals surface area contributed by atoms with Crippen LogP contribution in [0.25, 0.3) is 22.4 Å². The van der Waals surface area contributed by atoms with Crippen molar-refractivity contribution in [2.75, 3.05) is 18.0 Å². The number of nitrogens with one attached hydrogen (secondary N) is 1. The molecule has 4 rings (SSSR count). The van der Waals surface area contributed by atoms with Crippen molar-refractivity contribution in [2.24, 2.45) is 5.41 Å². The second kappa shape index (κ2) is 5.85. The van der Waals surface area contributed by atoms with Crippen molar-refractivity contribution >= 4 is 17.0 Å². The van der Waals surface area contributed by atoms with E-state index in [9.17, 15) is 0 Å². The number of aromatic nitrogens is 4. The van der Waals surface area contributed by atoms with E-state index in [1.54, 1.807) is 12.1 Å². The SMILES string of the molecule is CC1(C)CCN(c2cnc3c(-c4ccc(C#N)cc4)[nH]nc3n2)CC1. The average molecular weight is 332 g/mol. The Hall–Kier alpha value is -2.94. The van der Waals surface area contributed by atoms with Gasteiger partial charge in [-0.2, -0.15) is 10.4 Å². The molecule has 0 amide bonds. The minimum Gasteiger partial charge on any atom is -0.355 e. The van der Waals surface area contributed by atoms with Crippen LogP contribution in [0, 0.1) is 16.7 Å². The van der Waals surface area contributed by atoms with Crippen LogP contribution in [0.5, 0.6) is 0 Å². The van der Waals surface area contributed by atoms with Crippen molar-refractivity contribution in [1.29, 1.82) is 5.26 Å². The Labute approximate surface area is 146 Å².